The number of amides is 3. The van der Waals surface area contributed by atoms with Crippen LogP contribution in [0.1, 0.15) is 57.1 Å². The van der Waals surface area contributed by atoms with Gasteiger partial charge < -0.3 is 29.9 Å². The Kier molecular flexibility index (Phi) is 10.7. The predicted octanol–water partition coefficient (Wildman–Crippen LogP) is 3.56. The molecule has 0 bridgehead atoms. The summed E-state index contributed by atoms with van der Waals surface area (Å²) in [5, 5.41) is 16.8. The summed E-state index contributed by atoms with van der Waals surface area (Å²) in [5.74, 6) is 0.0147. The molecule has 2 aromatic rings. The zero-order valence-electron chi connectivity index (χ0n) is 23.7. The van der Waals surface area contributed by atoms with Gasteiger partial charge in [-0.15, -0.1) is 11.3 Å². The molecule has 1 aliphatic heterocycles. The fraction of sp³-hybridized carbons (Fsp3) is 0.536. The molecule has 2 heterocycles. The molecule has 1 aromatic heterocycles. The Hall–Kier alpha value is -3.85. The van der Waals surface area contributed by atoms with Crippen molar-refractivity contribution in [2.24, 2.45) is 5.92 Å². The van der Waals surface area contributed by atoms with Gasteiger partial charge in [-0.1, -0.05) is 13.8 Å². The van der Waals surface area contributed by atoms with Crippen LogP contribution >= 0.6 is 11.3 Å². The van der Waals surface area contributed by atoms with Crippen molar-refractivity contribution in [1.29, 1.82) is 5.26 Å². The number of nitrogens with one attached hydrogen (secondary N) is 2. The molecule has 1 saturated heterocycles. The Bertz CT molecular complexity index is 1190. The quantitative estimate of drug-likeness (QED) is 0.414. The molecule has 0 aliphatic carbocycles. The number of piperazine rings is 1. The van der Waals surface area contributed by atoms with Crippen molar-refractivity contribution >= 4 is 34.4 Å². The highest BCUT2D eigenvalue weighted by Crippen LogP contribution is 2.24. The molecule has 0 spiro atoms. The van der Waals surface area contributed by atoms with Gasteiger partial charge in [0.2, 0.25) is 5.91 Å². The number of nitriles is 1. The normalized spacial score (nSPS) is 14.3. The van der Waals surface area contributed by atoms with Gasteiger partial charge in [-0.3, -0.25) is 9.59 Å². The molecule has 2 N–H and O–H groups in total. The third-order valence-electron chi connectivity index (χ3n) is 5.92. The minimum Gasteiger partial charge on any atom is -0.487 e. The lowest BCUT2D eigenvalue weighted by molar-refractivity contribution is -0.123. The summed E-state index contributed by atoms with van der Waals surface area (Å²) < 4.78 is 11.3. The van der Waals surface area contributed by atoms with Crippen molar-refractivity contribution in [1.82, 2.24) is 20.5 Å². The van der Waals surface area contributed by atoms with Crippen LogP contribution in [-0.4, -0.2) is 72.2 Å². The first-order valence-corrected chi connectivity index (χ1v) is 14.2. The highest BCUT2D eigenvalue weighted by atomic mass is 32.1. The zero-order valence-corrected chi connectivity index (χ0v) is 24.5. The summed E-state index contributed by atoms with van der Waals surface area (Å²) >= 11 is 1.53. The molecule has 11 nitrogen and oxygen atoms in total. The molecule has 1 atom stereocenters. The number of hydrogen-bond acceptors (Lipinski definition) is 9. The fourth-order valence-corrected chi connectivity index (χ4v) is 4.83. The molecule has 40 heavy (non-hydrogen) atoms. The Morgan fingerprint density at radius 1 is 1.12 bits per heavy atom. The molecular weight excluding hydrogens is 532 g/mol. The first-order valence-electron chi connectivity index (χ1n) is 13.3. The van der Waals surface area contributed by atoms with Crippen LogP contribution in [0.15, 0.2) is 29.6 Å². The van der Waals surface area contributed by atoms with E-state index in [1.165, 1.54) is 11.3 Å². The number of anilines is 1. The van der Waals surface area contributed by atoms with Crippen molar-refractivity contribution in [2.75, 3.05) is 37.6 Å². The average molecular weight is 571 g/mol. The van der Waals surface area contributed by atoms with Gasteiger partial charge in [0.25, 0.3) is 5.91 Å². The van der Waals surface area contributed by atoms with Gasteiger partial charge in [-0.05, 0) is 57.4 Å². The topological polar surface area (TPSA) is 137 Å². The first kappa shape index (κ1) is 30.7. The second-order valence-electron chi connectivity index (χ2n) is 10.9. The number of rotatable bonds is 10. The van der Waals surface area contributed by atoms with E-state index in [0.29, 0.717) is 43.9 Å². The number of aromatic nitrogens is 1. The van der Waals surface area contributed by atoms with E-state index >= 15 is 0 Å². The Balaban J connectivity index is 1.49. The van der Waals surface area contributed by atoms with Gasteiger partial charge in [0.15, 0.2) is 5.13 Å². The molecular formula is C28H38N6O5S. The van der Waals surface area contributed by atoms with E-state index in [2.05, 4.69) is 20.5 Å². The van der Waals surface area contributed by atoms with E-state index in [9.17, 15) is 14.4 Å². The monoisotopic (exact) mass is 570 g/mol. The van der Waals surface area contributed by atoms with Crippen LogP contribution in [0.2, 0.25) is 0 Å². The molecule has 216 valence electrons. The van der Waals surface area contributed by atoms with Crippen LogP contribution in [0.5, 0.6) is 5.75 Å². The van der Waals surface area contributed by atoms with Crippen LogP contribution < -0.4 is 20.3 Å². The number of carbonyl (C=O) groups excluding carboxylic acids is 3. The van der Waals surface area contributed by atoms with Crippen molar-refractivity contribution in [3.8, 4) is 11.8 Å². The molecule has 0 saturated carbocycles. The SMILES string of the molecule is CC(C)C[C@H](NC(=O)c1ccc(OCc2csc(N3CCN(C(=O)OC(C)(C)C)CC3)n2)cc1)C(=O)NCC#N. The largest absolute Gasteiger partial charge is 0.487 e. The number of thiazole rings is 1. The van der Waals surface area contributed by atoms with Gasteiger partial charge in [0, 0.05) is 37.1 Å². The molecule has 0 unspecified atom stereocenters. The van der Waals surface area contributed by atoms with Crippen molar-refractivity contribution < 1.29 is 23.9 Å². The summed E-state index contributed by atoms with van der Waals surface area (Å²) in [6.45, 7) is 12.2. The van der Waals surface area contributed by atoms with E-state index < -0.39 is 11.6 Å². The smallest absolute Gasteiger partial charge is 0.410 e. The predicted molar refractivity (Wildman–Crippen MR) is 152 cm³/mol. The molecule has 1 aromatic carbocycles. The average Bonchev–Trinajstić information content (AvgIpc) is 3.38. The lowest BCUT2D eigenvalue weighted by atomic mass is 10.0. The number of hydrogen-bond donors (Lipinski definition) is 2. The Labute approximate surface area is 239 Å². The van der Waals surface area contributed by atoms with Crippen LogP contribution in [0.25, 0.3) is 0 Å². The molecule has 3 rings (SSSR count). The summed E-state index contributed by atoms with van der Waals surface area (Å²) in [6.07, 6.45) is 0.166. The fourth-order valence-electron chi connectivity index (χ4n) is 3.97. The molecule has 1 fully saturated rings. The van der Waals surface area contributed by atoms with E-state index in [1.807, 2.05) is 46.1 Å². The van der Waals surface area contributed by atoms with Gasteiger partial charge in [-0.2, -0.15) is 5.26 Å². The van der Waals surface area contributed by atoms with Gasteiger partial charge in [0.1, 0.15) is 30.5 Å². The number of ether oxygens (including phenoxy) is 2. The summed E-state index contributed by atoms with van der Waals surface area (Å²) in [4.78, 5) is 45.9. The number of carbonyl (C=O) groups is 3. The van der Waals surface area contributed by atoms with Crippen molar-refractivity contribution in [3.05, 3.63) is 40.9 Å². The minimum atomic E-state index is -0.726. The lowest BCUT2D eigenvalue weighted by Crippen LogP contribution is -2.50. The Morgan fingerprint density at radius 2 is 1.80 bits per heavy atom. The second kappa shape index (κ2) is 14.0. The summed E-state index contributed by atoms with van der Waals surface area (Å²) in [6, 6.07) is 7.82. The highest BCUT2D eigenvalue weighted by Gasteiger charge is 2.27. The standard InChI is InChI=1S/C28H38N6O5S/c1-19(2)16-23(25(36)30-11-10-29)32-24(35)20-6-8-22(9-7-20)38-17-21-18-40-26(31-21)33-12-14-34(15-13-33)27(37)39-28(3,4)5/h6-9,18-19,23H,11-17H2,1-5H3,(H,30,36)(H,32,35)/t23-/m0/s1. The lowest BCUT2D eigenvalue weighted by Gasteiger charge is -2.35. The van der Waals surface area contributed by atoms with Crippen LogP contribution in [-0.2, 0) is 16.1 Å². The van der Waals surface area contributed by atoms with E-state index in [0.717, 1.165) is 10.8 Å². The van der Waals surface area contributed by atoms with Crippen LogP contribution in [0.4, 0.5) is 9.93 Å². The minimum absolute atomic E-state index is 0.111. The van der Waals surface area contributed by atoms with E-state index in [4.69, 9.17) is 14.7 Å². The van der Waals surface area contributed by atoms with Crippen molar-refractivity contribution in [2.45, 2.75) is 59.3 Å². The second-order valence-corrected chi connectivity index (χ2v) is 11.8. The summed E-state index contributed by atoms with van der Waals surface area (Å²) in [7, 11) is 0. The maximum atomic E-state index is 12.7. The van der Waals surface area contributed by atoms with E-state index in [-0.39, 0.29) is 37.0 Å². The third-order valence-corrected chi connectivity index (χ3v) is 6.87. The van der Waals surface area contributed by atoms with Gasteiger partial charge in [0.05, 0.1) is 11.8 Å². The third kappa shape index (κ3) is 9.41. The van der Waals surface area contributed by atoms with Crippen LogP contribution in [0, 0.1) is 17.2 Å². The Morgan fingerprint density at radius 3 is 2.40 bits per heavy atom. The highest BCUT2D eigenvalue weighted by molar-refractivity contribution is 7.13. The van der Waals surface area contributed by atoms with Crippen LogP contribution in [0.3, 0.4) is 0 Å². The summed E-state index contributed by atoms with van der Waals surface area (Å²) in [5.41, 5.74) is 0.672. The number of nitrogens with zero attached hydrogens (tertiary/aromatic N) is 4. The molecule has 3 amide bonds. The van der Waals surface area contributed by atoms with Crippen molar-refractivity contribution in [3.63, 3.8) is 0 Å². The zero-order chi connectivity index (χ0) is 29.3. The number of benzene rings is 1. The first-order chi connectivity index (χ1) is 18.9. The van der Waals surface area contributed by atoms with Gasteiger partial charge in [-0.25, -0.2) is 9.78 Å². The maximum absolute atomic E-state index is 12.7. The molecule has 0 radical (unpaired) electrons. The molecule has 12 heteroatoms. The maximum Gasteiger partial charge on any atom is 0.410 e. The van der Waals surface area contributed by atoms with Gasteiger partial charge >= 0.3 is 6.09 Å². The molecule has 1 aliphatic rings. The van der Waals surface area contributed by atoms with E-state index in [1.54, 1.807) is 29.2 Å².